The van der Waals surface area contributed by atoms with Gasteiger partial charge in [0.2, 0.25) is 11.9 Å². The lowest BCUT2D eigenvalue weighted by molar-refractivity contribution is 0.222. The number of methoxy groups -OCH3 is 1. The Kier molecular flexibility index (Phi) is 4.19. The number of ether oxygens (including phenoxy) is 2. The molecule has 7 nitrogen and oxygen atoms in total. The third kappa shape index (κ3) is 3.71. The normalized spacial score (nSPS) is 10.4. The number of nitrogen functional groups attached to an aromatic ring is 1. The first-order chi connectivity index (χ1) is 9.56. The van der Waals surface area contributed by atoms with Gasteiger partial charge in [0.15, 0.2) is 0 Å². The van der Waals surface area contributed by atoms with Crippen molar-refractivity contribution in [2.75, 3.05) is 18.2 Å². The highest BCUT2D eigenvalue weighted by atomic mass is 16.5. The number of hydrogen-bond donors (Lipinski definition) is 2. The molecular weight excluding hydrogens is 258 g/mol. The first-order valence-electron chi connectivity index (χ1n) is 6.16. The van der Waals surface area contributed by atoms with Crippen molar-refractivity contribution in [3.8, 4) is 11.8 Å². The van der Waals surface area contributed by atoms with E-state index in [1.165, 1.54) is 0 Å². The van der Waals surface area contributed by atoms with Crippen LogP contribution in [0.5, 0.6) is 11.8 Å². The van der Waals surface area contributed by atoms with E-state index in [1.54, 1.807) is 7.11 Å². The van der Waals surface area contributed by atoms with Crippen LogP contribution in [-0.4, -0.2) is 28.2 Å². The molecule has 0 saturated heterocycles. The topological polar surface area (TPSA) is 95.2 Å². The molecule has 7 heteroatoms. The molecule has 3 N–H and O–H groups in total. The lowest BCUT2D eigenvalue weighted by Gasteiger charge is -2.10. The van der Waals surface area contributed by atoms with Crippen molar-refractivity contribution in [2.45, 2.75) is 20.0 Å². The number of nitrogens with two attached hydrogens (primary N) is 1. The first kappa shape index (κ1) is 13.9. The van der Waals surface area contributed by atoms with Gasteiger partial charge in [-0.1, -0.05) is 6.07 Å². The lowest BCUT2D eigenvalue weighted by Crippen LogP contribution is -2.11. The summed E-state index contributed by atoms with van der Waals surface area (Å²) in [4.78, 5) is 12.1. The Morgan fingerprint density at radius 2 is 2.00 bits per heavy atom. The van der Waals surface area contributed by atoms with E-state index in [4.69, 9.17) is 15.2 Å². The third-order valence-electron chi connectivity index (χ3n) is 2.30. The van der Waals surface area contributed by atoms with Crippen molar-refractivity contribution in [2.24, 2.45) is 0 Å². The zero-order chi connectivity index (χ0) is 14.5. The number of nitrogens with zero attached hydrogens (tertiary/aromatic N) is 3. The Morgan fingerprint density at radius 3 is 2.70 bits per heavy atom. The number of hydrogen-bond acceptors (Lipinski definition) is 7. The minimum absolute atomic E-state index is 0.0403. The zero-order valence-corrected chi connectivity index (χ0v) is 11.6. The van der Waals surface area contributed by atoms with Crippen LogP contribution in [0.2, 0.25) is 0 Å². The Bertz CT molecular complexity index is 589. The minimum atomic E-state index is -0.0403. The summed E-state index contributed by atoms with van der Waals surface area (Å²) in [6, 6.07) is 7.59. The quantitative estimate of drug-likeness (QED) is 0.861. The van der Waals surface area contributed by atoms with Gasteiger partial charge in [0.25, 0.3) is 0 Å². The summed E-state index contributed by atoms with van der Waals surface area (Å²) in [7, 11) is 1.61. The van der Waals surface area contributed by atoms with Crippen molar-refractivity contribution >= 4 is 17.6 Å². The third-order valence-corrected chi connectivity index (χ3v) is 2.30. The van der Waals surface area contributed by atoms with E-state index >= 15 is 0 Å². The smallest absolute Gasteiger partial charge is 0.323 e. The molecule has 0 unspecified atom stereocenters. The summed E-state index contributed by atoms with van der Waals surface area (Å²) < 4.78 is 10.6. The number of rotatable bonds is 5. The van der Waals surface area contributed by atoms with E-state index in [2.05, 4.69) is 20.3 Å². The molecule has 1 heterocycles. The van der Waals surface area contributed by atoms with Gasteiger partial charge in [-0.3, -0.25) is 0 Å². The molecule has 0 atom stereocenters. The van der Waals surface area contributed by atoms with Crippen molar-refractivity contribution < 1.29 is 9.47 Å². The van der Waals surface area contributed by atoms with Crippen LogP contribution in [0.4, 0.5) is 17.6 Å². The van der Waals surface area contributed by atoms with Crippen molar-refractivity contribution in [1.82, 2.24) is 15.0 Å². The predicted octanol–water partition coefficient (Wildman–Crippen LogP) is 1.99. The molecule has 0 aliphatic rings. The second kappa shape index (κ2) is 6.05. The predicted molar refractivity (Wildman–Crippen MR) is 76.3 cm³/mol. The second-order valence-corrected chi connectivity index (χ2v) is 4.32. The average Bonchev–Trinajstić information content (AvgIpc) is 2.37. The second-order valence-electron chi connectivity index (χ2n) is 4.32. The maximum Gasteiger partial charge on any atom is 0.323 e. The summed E-state index contributed by atoms with van der Waals surface area (Å²) in [5.74, 6) is 1.15. The molecule has 0 amide bonds. The lowest BCUT2D eigenvalue weighted by atomic mass is 10.3. The fraction of sp³-hybridized carbons (Fsp3) is 0.308. The van der Waals surface area contributed by atoms with Gasteiger partial charge >= 0.3 is 6.01 Å². The van der Waals surface area contributed by atoms with E-state index in [0.717, 1.165) is 11.4 Å². The number of benzene rings is 1. The summed E-state index contributed by atoms with van der Waals surface area (Å²) in [5.41, 5.74) is 6.42. The van der Waals surface area contributed by atoms with E-state index in [0.29, 0.717) is 5.95 Å². The van der Waals surface area contributed by atoms with Crippen molar-refractivity contribution in [1.29, 1.82) is 0 Å². The monoisotopic (exact) mass is 275 g/mol. The Balaban J connectivity index is 2.21. The average molecular weight is 275 g/mol. The Morgan fingerprint density at radius 1 is 1.20 bits per heavy atom. The molecule has 0 aliphatic carbocycles. The Labute approximate surface area is 117 Å². The standard InChI is InChI=1S/C13H17N5O2/c1-8(2)20-13-17-11(14)16-12(18-13)15-9-5-4-6-10(7-9)19-3/h4-8H,1-3H3,(H3,14,15,16,17,18). The molecule has 0 spiro atoms. The van der Waals surface area contributed by atoms with Crippen molar-refractivity contribution in [3.63, 3.8) is 0 Å². The highest BCUT2D eigenvalue weighted by molar-refractivity contribution is 5.56. The van der Waals surface area contributed by atoms with Crippen LogP contribution >= 0.6 is 0 Å². The van der Waals surface area contributed by atoms with E-state index < -0.39 is 0 Å². The highest BCUT2D eigenvalue weighted by Gasteiger charge is 2.07. The molecule has 2 aromatic rings. The molecule has 1 aromatic heterocycles. The van der Waals surface area contributed by atoms with Gasteiger partial charge in [-0.15, -0.1) is 0 Å². The highest BCUT2D eigenvalue weighted by Crippen LogP contribution is 2.20. The summed E-state index contributed by atoms with van der Waals surface area (Å²) in [6.07, 6.45) is -0.0403. The van der Waals surface area contributed by atoms with Crippen LogP contribution in [0.1, 0.15) is 13.8 Å². The van der Waals surface area contributed by atoms with Gasteiger partial charge < -0.3 is 20.5 Å². The van der Waals surface area contributed by atoms with E-state index in [1.807, 2.05) is 38.1 Å². The maximum absolute atomic E-state index is 5.64. The molecular formula is C13H17N5O2. The molecule has 106 valence electrons. The van der Waals surface area contributed by atoms with E-state index in [9.17, 15) is 0 Å². The molecule has 20 heavy (non-hydrogen) atoms. The number of aromatic nitrogens is 3. The van der Waals surface area contributed by atoms with Crippen molar-refractivity contribution in [3.05, 3.63) is 24.3 Å². The molecule has 0 fully saturated rings. The maximum atomic E-state index is 5.64. The van der Waals surface area contributed by atoms with Gasteiger partial charge in [0.05, 0.1) is 13.2 Å². The molecule has 1 aromatic carbocycles. The fourth-order valence-corrected chi connectivity index (χ4v) is 1.52. The molecule has 0 bridgehead atoms. The number of anilines is 3. The zero-order valence-electron chi connectivity index (χ0n) is 11.6. The summed E-state index contributed by atoms with van der Waals surface area (Å²) in [6.45, 7) is 3.77. The van der Waals surface area contributed by atoms with E-state index in [-0.39, 0.29) is 18.1 Å². The number of nitrogens with one attached hydrogen (secondary N) is 1. The van der Waals surface area contributed by atoms with Crippen LogP contribution in [-0.2, 0) is 0 Å². The van der Waals surface area contributed by atoms with Gasteiger partial charge in [0.1, 0.15) is 5.75 Å². The van der Waals surface area contributed by atoms with Gasteiger partial charge in [-0.05, 0) is 26.0 Å². The molecule has 0 radical (unpaired) electrons. The van der Waals surface area contributed by atoms with Gasteiger partial charge in [-0.25, -0.2) is 0 Å². The summed E-state index contributed by atoms with van der Waals surface area (Å²) in [5, 5.41) is 3.03. The molecule has 0 saturated carbocycles. The SMILES string of the molecule is COc1cccc(Nc2nc(N)nc(OC(C)C)n2)c1. The van der Waals surface area contributed by atoms with Gasteiger partial charge in [0, 0.05) is 11.8 Å². The Hall–Kier alpha value is -2.57. The summed E-state index contributed by atoms with van der Waals surface area (Å²) >= 11 is 0. The van der Waals surface area contributed by atoms with Crippen LogP contribution in [0, 0.1) is 0 Å². The van der Waals surface area contributed by atoms with Crippen LogP contribution < -0.4 is 20.5 Å². The largest absolute Gasteiger partial charge is 0.497 e. The fourth-order valence-electron chi connectivity index (χ4n) is 1.52. The molecule has 2 rings (SSSR count). The minimum Gasteiger partial charge on any atom is -0.497 e. The van der Waals surface area contributed by atoms with Crippen LogP contribution in [0.25, 0.3) is 0 Å². The van der Waals surface area contributed by atoms with Crippen LogP contribution in [0.15, 0.2) is 24.3 Å². The molecule has 0 aliphatic heterocycles. The first-order valence-corrected chi connectivity index (χ1v) is 6.16. The van der Waals surface area contributed by atoms with Gasteiger partial charge in [-0.2, -0.15) is 15.0 Å². The van der Waals surface area contributed by atoms with Crippen LogP contribution in [0.3, 0.4) is 0 Å².